The third-order valence-corrected chi connectivity index (χ3v) is 2.62. The Balaban J connectivity index is 2.35. The first kappa shape index (κ1) is 12.8. The molecule has 1 aliphatic rings. The van der Waals surface area contributed by atoms with E-state index in [1.54, 1.807) is 0 Å². The topological polar surface area (TPSA) is 15.3 Å². The van der Waals surface area contributed by atoms with Gasteiger partial charge in [-0.2, -0.15) is 13.2 Å². The molecule has 1 unspecified atom stereocenters. The van der Waals surface area contributed by atoms with Crippen molar-refractivity contribution in [2.45, 2.75) is 25.9 Å². The fourth-order valence-corrected chi connectivity index (χ4v) is 2.04. The highest BCUT2D eigenvalue weighted by atomic mass is 19.4. The molecule has 1 atom stereocenters. The second-order valence-electron chi connectivity index (χ2n) is 4.21. The molecule has 1 saturated heterocycles. The summed E-state index contributed by atoms with van der Waals surface area (Å²) in [5, 5.41) is 3.17. The van der Waals surface area contributed by atoms with E-state index in [-0.39, 0.29) is 0 Å². The number of nitrogens with zero attached hydrogens (tertiary/aromatic N) is 1. The highest BCUT2D eigenvalue weighted by Crippen LogP contribution is 2.18. The molecule has 5 heteroatoms. The van der Waals surface area contributed by atoms with E-state index in [4.69, 9.17) is 0 Å². The minimum Gasteiger partial charge on any atom is -0.316 e. The van der Waals surface area contributed by atoms with Gasteiger partial charge >= 0.3 is 6.18 Å². The van der Waals surface area contributed by atoms with Crippen LogP contribution in [-0.2, 0) is 0 Å². The summed E-state index contributed by atoms with van der Waals surface area (Å²) in [6, 6.07) is 0. The Kier molecular flexibility index (Phi) is 4.86. The van der Waals surface area contributed by atoms with Crippen LogP contribution in [0.5, 0.6) is 0 Å². The van der Waals surface area contributed by atoms with Crippen molar-refractivity contribution in [3.05, 3.63) is 0 Å². The molecule has 0 radical (unpaired) electrons. The number of alkyl halides is 3. The summed E-state index contributed by atoms with van der Waals surface area (Å²) in [6.45, 7) is 4.05. The second-order valence-corrected chi connectivity index (χ2v) is 4.21. The Hall–Kier alpha value is -0.290. The number of rotatable bonds is 5. The van der Waals surface area contributed by atoms with Crippen LogP contribution in [0.2, 0.25) is 0 Å². The lowest BCUT2D eigenvalue weighted by atomic mass is 10.1. The molecule has 15 heavy (non-hydrogen) atoms. The van der Waals surface area contributed by atoms with E-state index < -0.39 is 12.7 Å². The normalized spacial score (nSPS) is 22.6. The molecule has 1 aliphatic heterocycles. The van der Waals surface area contributed by atoms with E-state index in [1.165, 1.54) is 4.90 Å². The molecule has 1 N–H and O–H groups in total. The van der Waals surface area contributed by atoms with Gasteiger partial charge in [0, 0.05) is 6.54 Å². The molecule has 1 rings (SSSR count). The third kappa shape index (κ3) is 5.37. The van der Waals surface area contributed by atoms with Gasteiger partial charge in [0.05, 0.1) is 6.54 Å². The summed E-state index contributed by atoms with van der Waals surface area (Å²) in [6.07, 6.45) is -2.30. The highest BCUT2D eigenvalue weighted by Gasteiger charge is 2.31. The molecule has 90 valence electrons. The molecule has 2 nitrogen and oxygen atoms in total. The van der Waals surface area contributed by atoms with Crippen molar-refractivity contribution in [2.75, 3.05) is 32.7 Å². The quantitative estimate of drug-likeness (QED) is 0.767. The van der Waals surface area contributed by atoms with E-state index in [1.807, 2.05) is 6.92 Å². The maximum absolute atomic E-state index is 12.2. The van der Waals surface area contributed by atoms with Gasteiger partial charge in [0.15, 0.2) is 0 Å². The SMILES string of the molecule is CCCN(CC1CCNC1)CC(F)(F)F. The van der Waals surface area contributed by atoms with Crippen LogP contribution in [0.1, 0.15) is 19.8 Å². The standard InChI is InChI=1S/C10H19F3N2/c1-2-5-15(8-10(11,12)13)7-9-3-4-14-6-9/h9,14H,2-8H2,1H3. The first-order valence-corrected chi connectivity index (χ1v) is 5.51. The molecule has 1 fully saturated rings. The Morgan fingerprint density at radius 1 is 1.40 bits per heavy atom. The average molecular weight is 224 g/mol. The van der Waals surface area contributed by atoms with Gasteiger partial charge in [-0.1, -0.05) is 6.92 Å². The van der Waals surface area contributed by atoms with Gasteiger partial charge in [0.2, 0.25) is 0 Å². The molecular weight excluding hydrogens is 205 g/mol. The zero-order valence-corrected chi connectivity index (χ0v) is 9.11. The fraction of sp³-hybridized carbons (Fsp3) is 1.00. The monoisotopic (exact) mass is 224 g/mol. The first-order valence-electron chi connectivity index (χ1n) is 5.51. The molecule has 0 spiro atoms. The van der Waals surface area contributed by atoms with E-state index in [0.29, 0.717) is 19.0 Å². The van der Waals surface area contributed by atoms with Gasteiger partial charge in [-0.15, -0.1) is 0 Å². The molecule has 0 aromatic carbocycles. The van der Waals surface area contributed by atoms with Crippen molar-refractivity contribution in [2.24, 2.45) is 5.92 Å². The zero-order valence-electron chi connectivity index (χ0n) is 9.11. The molecule has 1 heterocycles. The Bertz CT molecular complexity index is 176. The molecular formula is C10H19F3N2. The predicted octanol–water partition coefficient (Wildman–Crippen LogP) is 1.87. The van der Waals surface area contributed by atoms with Crippen molar-refractivity contribution in [1.82, 2.24) is 10.2 Å². The maximum atomic E-state index is 12.2. The van der Waals surface area contributed by atoms with Crippen LogP contribution in [0.3, 0.4) is 0 Å². The van der Waals surface area contributed by atoms with Gasteiger partial charge < -0.3 is 5.32 Å². The van der Waals surface area contributed by atoms with E-state index in [9.17, 15) is 13.2 Å². The van der Waals surface area contributed by atoms with Crippen molar-refractivity contribution in [3.63, 3.8) is 0 Å². The van der Waals surface area contributed by atoms with Gasteiger partial charge in [-0.3, -0.25) is 4.90 Å². The minimum atomic E-state index is -4.07. The number of hydrogen-bond donors (Lipinski definition) is 1. The van der Waals surface area contributed by atoms with Crippen LogP contribution in [0.4, 0.5) is 13.2 Å². The van der Waals surface area contributed by atoms with Crippen molar-refractivity contribution < 1.29 is 13.2 Å². The van der Waals surface area contributed by atoms with Crippen LogP contribution in [0.25, 0.3) is 0 Å². The highest BCUT2D eigenvalue weighted by molar-refractivity contribution is 4.75. The molecule has 0 aromatic heterocycles. The molecule has 0 amide bonds. The summed E-state index contributed by atoms with van der Waals surface area (Å²) in [5.74, 6) is 0.388. The van der Waals surface area contributed by atoms with E-state index in [0.717, 1.165) is 25.9 Å². The van der Waals surface area contributed by atoms with Gasteiger partial charge in [-0.25, -0.2) is 0 Å². The van der Waals surface area contributed by atoms with Crippen molar-refractivity contribution in [1.29, 1.82) is 0 Å². The Morgan fingerprint density at radius 3 is 2.60 bits per heavy atom. The number of halogens is 3. The predicted molar refractivity (Wildman–Crippen MR) is 53.8 cm³/mol. The average Bonchev–Trinajstić information content (AvgIpc) is 2.54. The van der Waals surface area contributed by atoms with Gasteiger partial charge in [-0.05, 0) is 38.4 Å². The lowest BCUT2D eigenvalue weighted by Gasteiger charge is -2.25. The molecule has 0 bridgehead atoms. The fourth-order valence-electron chi connectivity index (χ4n) is 2.04. The van der Waals surface area contributed by atoms with Crippen LogP contribution < -0.4 is 5.32 Å². The zero-order chi connectivity index (χ0) is 11.3. The third-order valence-electron chi connectivity index (χ3n) is 2.62. The lowest BCUT2D eigenvalue weighted by Crippen LogP contribution is -2.38. The van der Waals surface area contributed by atoms with Crippen molar-refractivity contribution >= 4 is 0 Å². The first-order chi connectivity index (χ1) is 7.01. The summed E-state index contributed by atoms with van der Waals surface area (Å²) in [5.41, 5.74) is 0. The second kappa shape index (κ2) is 5.70. The summed E-state index contributed by atoms with van der Waals surface area (Å²) >= 11 is 0. The molecule has 0 aliphatic carbocycles. The van der Waals surface area contributed by atoms with E-state index >= 15 is 0 Å². The van der Waals surface area contributed by atoms with E-state index in [2.05, 4.69) is 5.32 Å². The van der Waals surface area contributed by atoms with Crippen LogP contribution in [-0.4, -0.2) is 43.8 Å². The van der Waals surface area contributed by atoms with Crippen LogP contribution in [0, 0.1) is 5.92 Å². The Labute approximate surface area is 88.8 Å². The lowest BCUT2D eigenvalue weighted by molar-refractivity contribution is -0.147. The Morgan fingerprint density at radius 2 is 2.13 bits per heavy atom. The summed E-state index contributed by atoms with van der Waals surface area (Å²) < 4.78 is 36.7. The van der Waals surface area contributed by atoms with Crippen molar-refractivity contribution in [3.8, 4) is 0 Å². The van der Waals surface area contributed by atoms with Crippen LogP contribution >= 0.6 is 0 Å². The smallest absolute Gasteiger partial charge is 0.316 e. The van der Waals surface area contributed by atoms with Gasteiger partial charge in [0.25, 0.3) is 0 Å². The van der Waals surface area contributed by atoms with Crippen LogP contribution in [0.15, 0.2) is 0 Å². The number of nitrogens with one attached hydrogen (secondary N) is 1. The molecule has 0 aromatic rings. The van der Waals surface area contributed by atoms with Gasteiger partial charge in [0.1, 0.15) is 0 Å². The summed E-state index contributed by atoms with van der Waals surface area (Å²) in [7, 11) is 0. The largest absolute Gasteiger partial charge is 0.401 e. The maximum Gasteiger partial charge on any atom is 0.401 e. The number of hydrogen-bond acceptors (Lipinski definition) is 2. The molecule has 0 saturated carbocycles. The summed E-state index contributed by atoms with van der Waals surface area (Å²) in [4.78, 5) is 1.53. The minimum absolute atomic E-state index is 0.388.